The molecule has 0 spiro atoms. The molecule has 3 aliphatic carbocycles. The van der Waals surface area contributed by atoms with E-state index in [4.69, 9.17) is 5.41 Å². The van der Waals surface area contributed by atoms with E-state index in [0.717, 1.165) is 0 Å². The normalized spacial score (nSPS) is 16.0. The molecule has 0 aliphatic heterocycles. The van der Waals surface area contributed by atoms with E-state index < -0.39 is 6.03 Å². The largest absolute Gasteiger partial charge is 4.00 e. The first-order chi connectivity index (χ1) is 16.2. The minimum atomic E-state index is -0.574. The molecule has 2 amide bonds. The fourth-order valence-electron chi connectivity index (χ4n) is 3.60. The molecular formula is C28H54ClN4OSn-. The molecule has 5 nitrogen and oxygen atoms in total. The molecule has 3 aliphatic rings. The summed E-state index contributed by atoms with van der Waals surface area (Å²) >= 11 is 0. The first kappa shape index (κ1) is 42.0. The molecular weight excluding hydrogens is 562 g/mol. The molecule has 0 heterocycles. The Morgan fingerprint density at radius 3 is 1.17 bits per heavy atom. The molecule has 1 N–H and O–H groups in total. The number of hydrogen-bond acceptors (Lipinski definition) is 2. The number of carbonyl (C=O) groups is 1. The van der Waals surface area contributed by atoms with Gasteiger partial charge in [-0.1, -0.05) is 78.6 Å². The van der Waals surface area contributed by atoms with Crippen LogP contribution in [0.4, 0.5) is 4.79 Å². The van der Waals surface area contributed by atoms with E-state index in [2.05, 4.69) is 55.2 Å². The van der Waals surface area contributed by atoms with E-state index in [1.54, 1.807) is 6.92 Å². The average Bonchev–Trinajstić information content (AvgIpc) is 2.90. The standard InChI is InChI=1S/C6H15N.3C6H11.C4H6N3O.ClH.Sn/c1-4-7(5-2)6-3;3*1-2-4-6-5-3-1;1-2-6-4(8)7-3-5;;/h4-6H2,1-3H3;3*1H,2-6H2;2H2,1H3,(H,6,8);1H;/q;4*-1;;+4/p-1. The molecule has 3 fully saturated rings. The van der Waals surface area contributed by atoms with E-state index in [1.807, 2.05) is 0 Å². The number of amides is 2. The Bertz CT molecular complexity index is 364. The van der Waals surface area contributed by atoms with Crippen LogP contribution in [0.2, 0.25) is 0 Å². The number of urea groups is 1. The second kappa shape index (κ2) is 38.4. The number of nitrogens with one attached hydrogen (secondary N) is 1. The second-order valence-corrected chi connectivity index (χ2v) is 8.45. The first-order valence-corrected chi connectivity index (χ1v) is 13.7. The number of carbonyl (C=O) groups excluding carboxylic acids is 1. The maximum absolute atomic E-state index is 10.1. The van der Waals surface area contributed by atoms with Gasteiger partial charge in [-0.15, -0.1) is 6.01 Å². The zero-order valence-corrected chi connectivity index (χ0v) is 26.9. The number of nitrogens with zero attached hydrogens (tertiary/aromatic N) is 3. The molecule has 0 bridgehead atoms. The van der Waals surface area contributed by atoms with Gasteiger partial charge in [0.25, 0.3) is 0 Å². The van der Waals surface area contributed by atoms with Gasteiger partial charge in [-0.25, -0.2) is 0 Å². The van der Waals surface area contributed by atoms with E-state index in [1.165, 1.54) is 122 Å². The van der Waals surface area contributed by atoms with Crippen molar-refractivity contribution in [3.05, 3.63) is 24.7 Å². The third-order valence-electron chi connectivity index (χ3n) is 5.77. The van der Waals surface area contributed by atoms with Crippen molar-refractivity contribution in [2.45, 2.75) is 124 Å². The summed E-state index contributed by atoms with van der Waals surface area (Å²) in [5.41, 5.74) is 0. The fourth-order valence-corrected chi connectivity index (χ4v) is 3.60. The molecule has 3 saturated carbocycles. The summed E-state index contributed by atoms with van der Waals surface area (Å²) < 4.78 is 0. The van der Waals surface area contributed by atoms with Gasteiger partial charge in [0.15, 0.2) is 0 Å². The van der Waals surface area contributed by atoms with E-state index in [9.17, 15) is 4.79 Å². The van der Waals surface area contributed by atoms with Crippen LogP contribution in [0.3, 0.4) is 0 Å². The van der Waals surface area contributed by atoms with E-state index in [0.29, 0.717) is 6.54 Å². The molecule has 0 saturated heterocycles. The van der Waals surface area contributed by atoms with Crippen LogP contribution in [0, 0.1) is 19.3 Å². The van der Waals surface area contributed by atoms with Crippen molar-refractivity contribution in [3.8, 4) is 0 Å². The van der Waals surface area contributed by atoms with Gasteiger partial charge in [-0.2, -0.15) is 38.5 Å². The van der Waals surface area contributed by atoms with Crippen LogP contribution in [0.5, 0.6) is 0 Å². The monoisotopic (exact) mass is 617 g/mol. The molecule has 0 aromatic heterocycles. The molecule has 3 rings (SSSR count). The van der Waals surface area contributed by atoms with Crippen LogP contribution in [-0.2, 0) is 0 Å². The van der Waals surface area contributed by atoms with Crippen molar-refractivity contribution in [1.82, 2.24) is 10.2 Å². The quantitative estimate of drug-likeness (QED) is 0.278. The zero-order valence-electron chi connectivity index (χ0n) is 23.3. The van der Waals surface area contributed by atoms with Gasteiger partial charge >= 0.3 is 23.9 Å². The Balaban J connectivity index is -0.000000170. The third-order valence-corrected chi connectivity index (χ3v) is 5.77. The Kier molecular flexibility index (Phi) is 46.1. The summed E-state index contributed by atoms with van der Waals surface area (Å²) in [5, 5.41) is 10.1. The van der Waals surface area contributed by atoms with Crippen molar-refractivity contribution >= 4 is 35.9 Å². The van der Waals surface area contributed by atoms with Gasteiger partial charge in [0.1, 0.15) is 0 Å². The van der Waals surface area contributed by atoms with Gasteiger partial charge in [0, 0.05) is 6.54 Å². The van der Waals surface area contributed by atoms with Gasteiger partial charge in [-0.3, -0.25) is 4.79 Å². The predicted octanol–water partition coefficient (Wildman–Crippen LogP) is 4.89. The molecule has 0 unspecified atom stereocenters. The van der Waals surface area contributed by atoms with Crippen LogP contribution in [0.1, 0.15) is 124 Å². The van der Waals surface area contributed by atoms with Crippen molar-refractivity contribution in [2.24, 2.45) is 4.99 Å². The molecule has 0 aromatic rings. The van der Waals surface area contributed by atoms with Crippen LogP contribution in [0.15, 0.2) is 4.99 Å². The van der Waals surface area contributed by atoms with Crippen LogP contribution in [-0.4, -0.2) is 67.0 Å². The smallest absolute Gasteiger partial charge is 1.00 e. The van der Waals surface area contributed by atoms with Crippen molar-refractivity contribution in [3.63, 3.8) is 0 Å². The maximum Gasteiger partial charge on any atom is 4.00 e. The fraction of sp³-hybridized carbons (Fsp3) is 0.821. The zero-order chi connectivity index (χ0) is 24.8. The minimum Gasteiger partial charge on any atom is -1.00 e. The molecule has 0 aromatic carbocycles. The van der Waals surface area contributed by atoms with Crippen LogP contribution in [0.25, 0.3) is 5.41 Å². The summed E-state index contributed by atoms with van der Waals surface area (Å²) in [6.45, 7) is 12.4. The minimum absolute atomic E-state index is 0. The SMILES string of the molecule is CCN(CC)CC.CCNC(=O)N=C=[N-].[CH-]1CCCCC1.[CH-]1CCCCC1.[CH-]1CCCCC1.[Cl-].[Sn+4]. The molecule has 0 atom stereocenters. The summed E-state index contributed by atoms with van der Waals surface area (Å²) in [4.78, 5) is 15.4. The maximum atomic E-state index is 10.1. The molecule has 35 heavy (non-hydrogen) atoms. The van der Waals surface area contributed by atoms with Gasteiger partial charge in [0.05, 0.1) is 0 Å². The topological polar surface area (TPSA) is 67.0 Å². The Morgan fingerprint density at radius 1 is 0.743 bits per heavy atom. The summed E-state index contributed by atoms with van der Waals surface area (Å²) in [6.07, 6.45) is 28.5. The van der Waals surface area contributed by atoms with Crippen LogP contribution < -0.4 is 17.7 Å². The Labute approximate surface area is 242 Å². The van der Waals surface area contributed by atoms with Gasteiger partial charge in [-0.05, 0) is 26.6 Å². The number of halogens is 1. The van der Waals surface area contributed by atoms with E-state index >= 15 is 0 Å². The van der Waals surface area contributed by atoms with Crippen molar-refractivity contribution in [1.29, 1.82) is 0 Å². The summed E-state index contributed by atoms with van der Waals surface area (Å²) in [5.74, 6) is 0. The summed E-state index contributed by atoms with van der Waals surface area (Å²) in [7, 11) is 0. The molecule has 204 valence electrons. The van der Waals surface area contributed by atoms with Crippen LogP contribution >= 0.6 is 0 Å². The molecule has 0 radical (unpaired) electrons. The number of hydrogen-bond donors (Lipinski definition) is 1. The summed E-state index contributed by atoms with van der Waals surface area (Å²) in [6, 6.07) is 0.791. The first-order valence-electron chi connectivity index (χ1n) is 13.7. The average molecular weight is 617 g/mol. The molecule has 7 heteroatoms. The third kappa shape index (κ3) is 38.6. The number of rotatable bonds is 4. The Morgan fingerprint density at radius 2 is 1.06 bits per heavy atom. The van der Waals surface area contributed by atoms with Crippen molar-refractivity contribution in [2.75, 3.05) is 26.2 Å². The van der Waals surface area contributed by atoms with Crippen molar-refractivity contribution < 1.29 is 17.2 Å². The van der Waals surface area contributed by atoms with Gasteiger partial charge in [0.2, 0.25) is 6.03 Å². The predicted molar refractivity (Wildman–Crippen MR) is 151 cm³/mol. The Hall–Kier alpha value is -0.101. The van der Waals surface area contributed by atoms with E-state index in [-0.39, 0.29) is 36.3 Å². The number of aliphatic imine (C=N–C) groups is 1. The second-order valence-electron chi connectivity index (χ2n) is 8.45. The van der Waals surface area contributed by atoms with Gasteiger partial charge < -0.3 is 52.3 Å².